The van der Waals surface area contributed by atoms with Crippen LogP contribution in [0.15, 0.2) is 36.9 Å². The average molecular weight is 310 g/mol. The van der Waals surface area contributed by atoms with Gasteiger partial charge in [-0.1, -0.05) is 31.6 Å². The number of para-hydroxylation sites is 2. The lowest BCUT2D eigenvalue weighted by molar-refractivity contribution is 0.589. The summed E-state index contributed by atoms with van der Waals surface area (Å²) in [5, 5.41) is 8.23. The fourth-order valence-electron chi connectivity index (χ4n) is 2.15. The first-order valence-electron chi connectivity index (χ1n) is 6.13. The van der Waals surface area contributed by atoms with Crippen molar-refractivity contribution in [3.63, 3.8) is 0 Å². The first-order valence-corrected chi connectivity index (χ1v) is 6.13. The molecule has 0 atom stereocenters. The monoisotopic (exact) mass is 309 g/mol. The van der Waals surface area contributed by atoms with Crippen LogP contribution in [-0.4, -0.2) is 9.13 Å². The third-order valence-electron chi connectivity index (χ3n) is 3.02. The van der Waals surface area contributed by atoms with Gasteiger partial charge in [0.1, 0.15) is 0 Å². The van der Waals surface area contributed by atoms with E-state index in [-0.39, 0.29) is 17.0 Å². The minimum atomic E-state index is 0. The molecule has 2 rings (SSSR count). The topological polar surface area (TPSA) is 33.7 Å². The maximum atomic E-state index is 8.23. The average Bonchev–Trinajstić information content (AvgIpc) is 2.61. The molecule has 0 aliphatic heterocycles. The molecule has 0 saturated carbocycles. The van der Waals surface area contributed by atoms with Crippen LogP contribution in [0.5, 0.6) is 0 Å². The van der Waals surface area contributed by atoms with Crippen LogP contribution >= 0.6 is 17.0 Å². The molecule has 98 valence electrons. The number of allylic oxidation sites excluding steroid dienone is 1. The number of fused-ring (bicyclic) bond motifs is 1. The largest absolute Gasteiger partial charge is 0.310 e. The molecular weight excluding hydrogens is 290 g/mol. The van der Waals surface area contributed by atoms with Gasteiger partial charge in [-0.25, -0.2) is 0 Å². The Morgan fingerprint density at radius 3 is 2.39 bits per heavy atom. The molecule has 0 radical (unpaired) electrons. The van der Waals surface area contributed by atoms with Gasteiger partial charge >= 0.3 is 0 Å². The van der Waals surface area contributed by atoms with Gasteiger partial charge in [-0.3, -0.25) is 5.41 Å². The van der Waals surface area contributed by atoms with Crippen LogP contribution in [0.2, 0.25) is 0 Å². The number of imidazole rings is 1. The third-order valence-corrected chi connectivity index (χ3v) is 3.02. The van der Waals surface area contributed by atoms with Crippen LogP contribution in [0.25, 0.3) is 11.0 Å². The first-order chi connectivity index (χ1) is 8.29. The van der Waals surface area contributed by atoms with Crippen LogP contribution in [0.3, 0.4) is 0 Å². The van der Waals surface area contributed by atoms with Crippen molar-refractivity contribution < 1.29 is 0 Å². The van der Waals surface area contributed by atoms with Crippen LogP contribution < -0.4 is 5.62 Å². The van der Waals surface area contributed by atoms with Crippen LogP contribution in [0, 0.1) is 5.41 Å². The van der Waals surface area contributed by atoms with Crippen LogP contribution in [0.1, 0.15) is 19.8 Å². The molecule has 3 nitrogen and oxygen atoms in total. The molecule has 0 aliphatic rings. The summed E-state index contributed by atoms with van der Waals surface area (Å²) in [6, 6.07) is 8.20. The van der Waals surface area contributed by atoms with E-state index in [9.17, 15) is 0 Å². The molecule has 4 heteroatoms. The van der Waals surface area contributed by atoms with Crippen LogP contribution in [-0.2, 0) is 13.1 Å². The first kappa shape index (κ1) is 14.8. The number of aryl methyl sites for hydroxylation is 1. The Bertz CT molecular complexity index is 580. The minimum Gasteiger partial charge on any atom is -0.310 e. The zero-order valence-corrected chi connectivity index (χ0v) is 12.4. The summed E-state index contributed by atoms with van der Waals surface area (Å²) < 4.78 is 4.08. The standard InChI is InChI=1S/C14H19N3.BrH/c1-3-5-11-17-13-9-7-6-8-12(13)16(10-4-2)14(17)15;/h4,6-9,15H,2-3,5,10-11H2,1H3;1H. The lowest BCUT2D eigenvalue weighted by Crippen LogP contribution is -2.24. The zero-order valence-electron chi connectivity index (χ0n) is 10.7. The predicted octanol–water partition coefficient (Wildman–Crippen LogP) is 3.49. The Kier molecular flexibility index (Phi) is 5.41. The van der Waals surface area contributed by atoms with Gasteiger partial charge in [-0.15, -0.1) is 23.6 Å². The van der Waals surface area contributed by atoms with Crippen molar-refractivity contribution in [1.82, 2.24) is 9.13 Å². The fourth-order valence-corrected chi connectivity index (χ4v) is 2.15. The van der Waals surface area contributed by atoms with Gasteiger partial charge in [0.05, 0.1) is 11.0 Å². The summed E-state index contributed by atoms with van der Waals surface area (Å²) >= 11 is 0. The predicted molar refractivity (Wildman–Crippen MR) is 81.2 cm³/mol. The summed E-state index contributed by atoms with van der Waals surface area (Å²) in [6.45, 7) is 7.55. The lowest BCUT2D eigenvalue weighted by Gasteiger charge is -2.02. The summed E-state index contributed by atoms with van der Waals surface area (Å²) in [6.07, 6.45) is 4.10. The molecule has 1 aromatic heterocycles. The van der Waals surface area contributed by atoms with Crippen molar-refractivity contribution in [2.24, 2.45) is 0 Å². The number of rotatable bonds is 5. The van der Waals surface area contributed by atoms with Crippen molar-refractivity contribution in [2.45, 2.75) is 32.9 Å². The highest BCUT2D eigenvalue weighted by molar-refractivity contribution is 8.93. The molecule has 0 bridgehead atoms. The van der Waals surface area contributed by atoms with E-state index in [1.54, 1.807) is 0 Å². The molecule has 0 amide bonds. The molecule has 18 heavy (non-hydrogen) atoms. The molecular formula is C14H20BrN3. The van der Waals surface area contributed by atoms with E-state index in [4.69, 9.17) is 5.41 Å². The fraction of sp³-hybridized carbons (Fsp3) is 0.357. The Morgan fingerprint density at radius 2 is 1.83 bits per heavy atom. The Hall–Kier alpha value is -1.29. The second kappa shape index (κ2) is 6.59. The number of hydrogen-bond donors (Lipinski definition) is 1. The van der Waals surface area contributed by atoms with Crippen LogP contribution in [0.4, 0.5) is 0 Å². The number of aromatic nitrogens is 2. The Morgan fingerprint density at radius 1 is 1.22 bits per heavy atom. The van der Waals surface area contributed by atoms with Crippen molar-refractivity contribution >= 4 is 28.0 Å². The minimum absolute atomic E-state index is 0. The molecule has 0 fully saturated rings. The zero-order chi connectivity index (χ0) is 12.3. The van der Waals surface area contributed by atoms with E-state index in [0.717, 1.165) is 30.4 Å². The summed E-state index contributed by atoms with van der Waals surface area (Å²) in [4.78, 5) is 0. The molecule has 0 unspecified atom stereocenters. The van der Waals surface area contributed by atoms with E-state index in [0.29, 0.717) is 12.2 Å². The number of hydrogen-bond acceptors (Lipinski definition) is 1. The number of benzene rings is 1. The number of halogens is 1. The molecule has 0 spiro atoms. The normalized spacial score (nSPS) is 10.3. The molecule has 1 heterocycles. The van der Waals surface area contributed by atoms with E-state index in [1.807, 2.05) is 22.8 Å². The number of nitrogens with zero attached hydrogens (tertiary/aromatic N) is 2. The second-order valence-corrected chi connectivity index (χ2v) is 4.22. The van der Waals surface area contributed by atoms with E-state index in [1.165, 1.54) is 0 Å². The van der Waals surface area contributed by atoms with Crippen molar-refractivity contribution in [3.8, 4) is 0 Å². The van der Waals surface area contributed by atoms with E-state index in [2.05, 4.69) is 30.2 Å². The van der Waals surface area contributed by atoms with Gasteiger partial charge in [-0.2, -0.15) is 0 Å². The van der Waals surface area contributed by atoms with Gasteiger partial charge in [-0.05, 0) is 18.6 Å². The maximum Gasteiger partial charge on any atom is 0.203 e. The molecule has 1 aromatic carbocycles. The van der Waals surface area contributed by atoms with Gasteiger partial charge in [0, 0.05) is 13.1 Å². The number of nitrogens with one attached hydrogen (secondary N) is 1. The van der Waals surface area contributed by atoms with Crippen molar-refractivity contribution in [2.75, 3.05) is 0 Å². The van der Waals surface area contributed by atoms with E-state index >= 15 is 0 Å². The summed E-state index contributed by atoms with van der Waals surface area (Å²) in [5.41, 5.74) is 2.83. The SMILES string of the molecule is Br.C=CCn1c(=N)n(CCCC)c2ccccc21. The molecule has 1 N–H and O–H groups in total. The highest BCUT2D eigenvalue weighted by atomic mass is 79.9. The Balaban J connectivity index is 0.00000162. The van der Waals surface area contributed by atoms with Gasteiger partial charge in [0.2, 0.25) is 5.62 Å². The van der Waals surface area contributed by atoms with Gasteiger partial charge in [0.25, 0.3) is 0 Å². The number of unbranched alkanes of at least 4 members (excludes halogenated alkanes) is 1. The quantitative estimate of drug-likeness (QED) is 0.821. The van der Waals surface area contributed by atoms with Gasteiger partial charge < -0.3 is 9.13 Å². The smallest absolute Gasteiger partial charge is 0.203 e. The highest BCUT2D eigenvalue weighted by Crippen LogP contribution is 2.13. The second-order valence-electron chi connectivity index (χ2n) is 4.22. The molecule has 0 aliphatic carbocycles. The highest BCUT2D eigenvalue weighted by Gasteiger charge is 2.08. The third kappa shape index (κ3) is 2.58. The van der Waals surface area contributed by atoms with E-state index < -0.39 is 0 Å². The lowest BCUT2D eigenvalue weighted by atomic mass is 10.3. The molecule has 0 saturated heterocycles. The van der Waals surface area contributed by atoms with Crippen molar-refractivity contribution in [1.29, 1.82) is 5.41 Å². The summed E-state index contributed by atoms with van der Waals surface area (Å²) in [5.74, 6) is 0. The Labute approximate surface area is 118 Å². The van der Waals surface area contributed by atoms with Crippen molar-refractivity contribution in [3.05, 3.63) is 42.5 Å². The maximum absolute atomic E-state index is 8.23. The molecule has 2 aromatic rings. The summed E-state index contributed by atoms with van der Waals surface area (Å²) in [7, 11) is 0. The van der Waals surface area contributed by atoms with Gasteiger partial charge in [0.15, 0.2) is 0 Å².